The lowest BCUT2D eigenvalue weighted by Crippen LogP contribution is -2.46. The summed E-state index contributed by atoms with van der Waals surface area (Å²) >= 11 is 0. The van der Waals surface area contributed by atoms with Crippen molar-refractivity contribution in [2.45, 2.75) is 38.8 Å². The van der Waals surface area contributed by atoms with Crippen molar-refractivity contribution in [1.82, 2.24) is 4.90 Å². The number of phenolic OH excluding ortho intramolecular Hbond substituents is 1. The van der Waals surface area contributed by atoms with Gasteiger partial charge in [0.15, 0.2) is 0 Å². The monoisotopic (exact) mass is 278 g/mol. The smallest absolute Gasteiger partial charge is 0.120 e. The summed E-state index contributed by atoms with van der Waals surface area (Å²) in [6.07, 6.45) is 3.62. The van der Waals surface area contributed by atoms with Crippen molar-refractivity contribution < 1.29 is 9.84 Å². The van der Waals surface area contributed by atoms with Gasteiger partial charge in [-0.2, -0.15) is 0 Å². The summed E-state index contributed by atoms with van der Waals surface area (Å²) in [5.74, 6) is 1.91. The minimum Gasteiger partial charge on any atom is -0.508 e. The number of nitrogens with zero attached hydrogens (tertiary/aromatic N) is 1. The van der Waals surface area contributed by atoms with E-state index in [4.69, 9.17) is 10.5 Å². The minimum atomic E-state index is 0.333. The fraction of sp³-hybridized carbons (Fsp3) is 0.625. The number of ether oxygens (including phenoxy) is 1. The zero-order valence-corrected chi connectivity index (χ0v) is 12.5. The van der Waals surface area contributed by atoms with E-state index in [0.29, 0.717) is 18.3 Å². The molecule has 0 amide bonds. The van der Waals surface area contributed by atoms with Gasteiger partial charge in [0.1, 0.15) is 11.5 Å². The Kier molecular flexibility index (Phi) is 5.26. The number of aromatic hydroxyl groups is 1. The van der Waals surface area contributed by atoms with E-state index in [-0.39, 0.29) is 0 Å². The summed E-state index contributed by atoms with van der Waals surface area (Å²) in [5, 5.41) is 10.0. The Bertz CT molecular complexity index is 436. The Hall–Kier alpha value is -1.26. The fourth-order valence-corrected chi connectivity index (χ4v) is 3.04. The van der Waals surface area contributed by atoms with Crippen molar-refractivity contribution in [3.05, 3.63) is 23.8 Å². The topological polar surface area (TPSA) is 58.7 Å². The van der Waals surface area contributed by atoms with Crippen molar-refractivity contribution in [3.8, 4) is 11.5 Å². The molecule has 2 atom stereocenters. The van der Waals surface area contributed by atoms with Crippen LogP contribution in [-0.2, 0) is 6.54 Å². The SMILES string of the molecule is CCC1CCN(Cc2cc(OC)ccc2O)C(CN)C1. The molecule has 4 heteroatoms. The van der Waals surface area contributed by atoms with Gasteiger partial charge in [0.05, 0.1) is 7.11 Å². The number of phenols is 1. The van der Waals surface area contributed by atoms with E-state index in [0.717, 1.165) is 36.7 Å². The lowest BCUT2D eigenvalue weighted by atomic mass is 9.88. The molecule has 112 valence electrons. The van der Waals surface area contributed by atoms with Crippen LogP contribution in [0.5, 0.6) is 11.5 Å². The highest BCUT2D eigenvalue weighted by Gasteiger charge is 2.27. The van der Waals surface area contributed by atoms with Crippen molar-refractivity contribution in [1.29, 1.82) is 0 Å². The van der Waals surface area contributed by atoms with Gasteiger partial charge in [-0.15, -0.1) is 0 Å². The van der Waals surface area contributed by atoms with Crippen molar-refractivity contribution in [2.24, 2.45) is 11.7 Å². The van der Waals surface area contributed by atoms with E-state index in [9.17, 15) is 5.11 Å². The molecule has 2 rings (SSSR count). The van der Waals surface area contributed by atoms with E-state index in [1.807, 2.05) is 6.07 Å². The number of methoxy groups -OCH3 is 1. The first-order valence-electron chi connectivity index (χ1n) is 7.47. The molecule has 1 fully saturated rings. The van der Waals surface area contributed by atoms with Crippen LogP contribution in [-0.4, -0.2) is 36.2 Å². The summed E-state index contributed by atoms with van der Waals surface area (Å²) in [6, 6.07) is 5.81. The standard InChI is InChI=1S/C16H26N2O2/c1-3-12-6-7-18(14(8-12)10-17)11-13-9-15(20-2)4-5-16(13)19/h4-5,9,12,14,19H,3,6-8,10-11,17H2,1-2H3. The van der Waals surface area contributed by atoms with Gasteiger partial charge in [0.25, 0.3) is 0 Å². The van der Waals surface area contributed by atoms with Crippen LogP contribution in [0, 0.1) is 5.92 Å². The molecular formula is C16H26N2O2. The lowest BCUT2D eigenvalue weighted by Gasteiger charge is -2.39. The molecule has 0 bridgehead atoms. The predicted molar refractivity (Wildman–Crippen MR) is 80.9 cm³/mol. The summed E-state index contributed by atoms with van der Waals surface area (Å²) in [5.41, 5.74) is 6.84. The average Bonchev–Trinajstić information content (AvgIpc) is 2.49. The Morgan fingerprint density at radius 3 is 2.90 bits per heavy atom. The summed E-state index contributed by atoms with van der Waals surface area (Å²) < 4.78 is 5.23. The molecule has 2 unspecified atom stereocenters. The van der Waals surface area contributed by atoms with E-state index >= 15 is 0 Å². The zero-order chi connectivity index (χ0) is 14.5. The second-order valence-corrected chi connectivity index (χ2v) is 5.65. The van der Waals surface area contributed by atoms with Gasteiger partial charge in [-0.25, -0.2) is 0 Å². The molecule has 0 spiro atoms. The molecule has 0 aromatic heterocycles. The maximum atomic E-state index is 10.0. The van der Waals surface area contributed by atoms with E-state index in [1.165, 1.54) is 12.8 Å². The molecule has 20 heavy (non-hydrogen) atoms. The van der Waals surface area contributed by atoms with Crippen LogP contribution in [0.25, 0.3) is 0 Å². The third kappa shape index (κ3) is 3.44. The maximum absolute atomic E-state index is 10.0. The minimum absolute atomic E-state index is 0.333. The van der Waals surface area contributed by atoms with Crippen molar-refractivity contribution >= 4 is 0 Å². The highest BCUT2D eigenvalue weighted by molar-refractivity contribution is 5.39. The molecule has 4 nitrogen and oxygen atoms in total. The number of likely N-dealkylation sites (tertiary alicyclic amines) is 1. The molecule has 0 aliphatic carbocycles. The molecule has 0 radical (unpaired) electrons. The Balaban J connectivity index is 2.08. The van der Waals surface area contributed by atoms with Crippen LogP contribution in [0.1, 0.15) is 31.7 Å². The summed E-state index contributed by atoms with van der Waals surface area (Å²) in [6.45, 7) is 4.72. The van der Waals surface area contributed by atoms with Gasteiger partial charge in [-0.1, -0.05) is 13.3 Å². The first kappa shape index (κ1) is 15.1. The number of benzene rings is 1. The number of rotatable bonds is 5. The van der Waals surface area contributed by atoms with E-state index < -0.39 is 0 Å². The van der Waals surface area contributed by atoms with Crippen molar-refractivity contribution in [2.75, 3.05) is 20.2 Å². The highest BCUT2D eigenvalue weighted by atomic mass is 16.5. The van der Waals surface area contributed by atoms with Crippen LogP contribution >= 0.6 is 0 Å². The van der Waals surface area contributed by atoms with Gasteiger partial charge in [0, 0.05) is 24.7 Å². The first-order chi connectivity index (χ1) is 9.67. The van der Waals surface area contributed by atoms with Crippen LogP contribution in [0.2, 0.25) is 0 Å². The molecule has 1 aromatic carbocycles. The third-order valence-corrected chi connectivity index (χ3v) is 4.46. The molecular weight excluding hydrogens is 252 g/mol. The van der Waals surface area contributed by atoms with E-state index in [2.05, 4.69) is 11.8 Å². The zero-order valence-electron chi connectivity index (χ0n) is 12.5. The lowest BCUT2D eigenvalue weighted by molar-refractivity contribution is 0.106. The normalized spacial score (nSPS) is 23.8. The molecule has 1 aliphatic heterocycles. The van der Waals surface area contributed by atoms with Gasteiger partial charge >= 0.3 is 0 Å². The summed E-state index contributed by atoms with van der Waals surface area (Å²) in [4.78, 5) is 2.39. The second kappa shape index (κ2) is 6.95. The molecule has 0 saturated carbocycles. The summed E-state index contributed by atoms with van der Waals surface area (Å²) in [7, 11) is 1.64. The van der Waals surface area contributed by atoms with Gasteiger partial charge in [-0.05, 0) is 43.5 Å². The molecule has 1 saturated heterocycles. The molecule has 1 heterocycles. The van der Waals surface area contributed by atoms with Crippen molar-refractivity contribution in [3.63, 3.8) is 0 Å². The van der Waals surface area contributed by atoms with Gasteiger partial charge in [0.2, 0.25) is 0 Å². The molecule has 1 aliphatic rings. The van der Waals surface area contributed by atoms with Gasteiger partial charge in [-0.3, -0.25) is 4.90 Å². The Labute approximate surface area is 121 Å². The van der Waals surface area contributed by atoms with Crippen LogP contribution < -0.4 is 10.5 Å². The van der Waals surface area contributed by atoms with Crippen LogP contribution in [0.15, 0.2) is 18.2 Å². The Morgan fingerprint density at radius 1 is 1.45 bits per heavy atom. The number of hydrogen-bond acceptors (Lipinski definition) is 4. The first-order valence-corrected chi connectivity index (χ1v) is 7.47. The number of nitrogens with two attached hydrogens (primary N) is 1. The quantitative estimate of drug-likeness (QED) is 0.868. The fourth-order valence-electron chi connectivity index (χ4n) is 3.04. The molecule has 1 aromatic rings. The predicted octanol–water partition coefficient (Wildman–Crippen LogP) is 2.35. The number of piperidine rings is 1. The van der Waals surface area contributed by atoms with Crippen LogP contribution in [0.3, 0.4) is 0 Å². The Morgan fingerprint density at radius 2 is 2.25 bits per heavy atom. The third-order valence-electron chi connectivity index (χ3n) is 4.46. The second-order valence-electron chi connectivity index (χ2n) is 5.65. The highest BCUT2D eigenvalue weighted by Crippen LogP contribution is 2.29. The van der Waals surface area contributed by atoms with E-state index in [1.54, 1.807) is 19.2 Å². The largest absolute Gasteiger partial charge is 0.508 e. The molecule has 3 N–H and O–H groups in total. The average molecular weight is 278 g/mol. The van der Waals surface area contributed by atoms with Crippen LogP contribution in [0.4, 0.5) is 0 Å². The maximum Gasteiger partial charge on any atom is 0.120 e. The van der Waals surface area contributed by atoms with Gasteiger partial charge < -0.3 is 15.6 Å². The number of hydrogen-bond donors (Lipinski definition) is 2.